The van der Waals surface area contributed by atoms with E-state index in [1.165, 1.54) is 5.56 Å². The third-order valence-corrected chi connectivity index (χ3v) is 3.02. The number of carbonyl (C=O) groups excluding carboxylic acids is 1. The van der Waals surface area contributed by atoms with Crippen LogP contribution in [0.4, 0.5) is 5.69 Å². The number of hydrogen-bond acceptors (Lipinski definition) is 3. The van der Waals surface area contributed by atoms with Crippen molar-refractivity contribution in [2.24, 2.45) is 0 Å². The van der Waals surface area contributed by atoms with E-state index in [9.17, 15) is 4.79 Å². The van der Waals surface area contributed by atoms with Crippen molar-refractivity contribution < 1.29 is 4.79 Å². The van der Waals surface area contributed by atoms with Gasteiger partial charge in [-0.05, 0) is 43.1 Å². The monoisotopic (exact) mass is 269 g/mol. The molecule has 4 nitrogen and oxygen atoms in total. The maximum atomic E-state index is 11.8. The Morgan fingerprint density at radius 3 is 2.80 bits per heavy atom. The van der Waals surface area contributed by atoms with Gasteiger partial charge in [-0.1, -0.05) is 24.3 Å². The topological polar surface area (TPSA) is 54.0 Å². The van der Waals surface area contributed by atoms with E-state index in [-0.39, 0.29) is 5.91 Å². The fourth-order valence-electron chi connectivity index (χ4n) is 1.89. The maximum Gasteiger partial charge on any atom is 0.238 e. The van der Waals surface area contributed by atoms with Gasteiger partial charge in [0.05, 0.1) is 6.54 Å². The van der Waals surface area contributed by atoms with Gasteiger partial charge in [0.2, 0.25) is 5.91 Å². The van der Waals surface area contributed by atoms with E-state index in [4.69, 9.17) is 0 Å². The van der Waals surface area contributed by atoms with Gasteiger partial charge in [-0.3, -0.25) is 9.78 Å². The Kier molecular flexibility index (Phi) is 5.26. The molecule has 4 heteroatoms. The molecule has 2 aromatic rings. The Morgan fingerprint density at radius 1 is 1.20 bits per heavy atom. The lowest BCUT2D eigenvalue weighted by atomic mass is 10.2. The molecule has 1 amide bonds. The summed E-state index contributed by atoms with van der Waals surface area (Å²) in [6.45, 7) is 3.05. The molecule has 0 saturated heterocycles. The molecule has 0 radical (unpaired) electrons. The van der Waals surface area contributed by atoms with Gasteiger partial charge in [-0.2, -0.15) is 0 Å². The molecule has 0 unspecified atom stereocenters. The number of benzene rings is 1. The van der Waals surface area contributed by atoms with Crippen molar-refractivity contribution in [3.8, 4) is 0 Å². The predicted molar refractivity (Wildman–Crippen MR) is 80.6 cm³/mol. The molecule has 0 spiro atoms. The molecule has 1 heterocycles. The molecule has 0 saturated carbocycles. The van der Waals surface area contributed by atoms with Gasteiger partial charge in [0.25, 0.3) is 0 Å². The summed E-state index contributed by atoms with van der Waals surface area (Å²) in [6.07, 6.45) is 4.47. The highest BCUT2D eigenvalue weighted by Crippen LogP contribution is 2.12. The molecular weight excluding hydrogens is 250 g/mol. The zero-order valence-electron chi connectivity index (χ0n) is 11.6. The molecule has 0 fully saturated rings. The maximum absolute atomic E-state index is 11.8. The van der Waals surface area contributed by atoms with Crippen LogP contribution in [-0.4, -0.2) is 24.0 Å². The highest BCUT2D eigenvalue weighted by atomic mass is 16.1. The number of hydrogen-bond donors (Lipinski definition) is 2. The number of nitrogens with zero attached hydrogens (tertiary/aromatic N) is 1. The molecule has 104 valence electrons. The fourth-order valence-corrected chi connectivity index (χ4v) is 1.89. The molecule has 2 N–H and O–H groups in total. The van der Waals surface area contributed by atoms with Crippen molar-refractivity contribution in [3.63, 3.8) is 0 Å². The van der Waals surface area contributed by atoms with Gasteiger partial charge in [0.1, 0.15) is 0 Å². The van der Waals surface area contributed by atoms with E-state index in [2.05, 4.69) is 15.6 Å². The number of para-hydroxylation sites is 1. The van der Waals surface area contributed by atoms with Crippen molar-refractivity contribution in [2.45, 2.75) is 13.3 Å². The fraction of sp³-hybridized carbons (Fsp3) is 0.250. The van der Waals surface area contributed by atoms with Crippen molar-refractivity contribution in [2.75, 3.05) is 18.4 Å². The quantitative estimate of drug-likeness (QED) is 0.790. The van der Waals surface area contributed by atoms with Gasteiger partial charge in [-0.25, -0.2) is 0 Å². The number of carbonyl (C=O) groups is 1. The van der Waals surface area contributed by atoms with Crippen LogP contribution in [0.25, 0.3) is 0 Å². The summed E-state index contributed by atoms with van der Waals surface area (Å²) in [5, 5.41) is 6.03. The first-order valence-corrected chi connectivity index (χ1v) is 6.71. The Balaban J connectivity index is 1.69. The standard InChI is InChI=1S/C16H19N3O/c1-13-5-2-3-7-15(13)19-16(20)12-18-10-8-14-6-4-9-17-11-14/h2-7,9,11,18H,8,10,12H2,1H3,(H,19,20). The van der Waals surface area contributed by atoms with E-state index < -0.39 is 0 Å². The third-order valence-electron chi connectivity index (χ3n) is 3.02. The van der Waals surface area contributed by atoms with Crippen molar-refractivity contribution in [3.05, 3.63) is 59.9 Å². The molecule has 2 rings (SSSR count). The van der Waals surface area contributed by atoms with E-state index >= 15 is 0 Å². The van der Waals surface area contributed by atoms with Crippen LogP contribution < -0.4 is 10.6 Å². The third kappa shape index (κ3) is 4.48. The summed E-state index contributed by atoms with van der Waals surface area (Å²) in [5.74, 6) is -0.0227. The van der Waals surface area contributed by atoms with Crippen LogP contribution in [0.1, 0.15) is 11.1 Å². The summed E-state index contributed by atoms with van der Waals surface area (Å²) in [7, 11) is 0. The second-order valence-electron chi connectivity index (χ2n) is 4.65. The van der Waals surface area contributed by atoms with Gasteiger partial charge >= 0.3 is 0 Å². The molecular formula is C16H19N3O. The Labute approximate surface area is 119 Å². The lowest BCUT2D eigenvalue weighted by Crippen LogP contribution is -2.29. The number of nitrogens with one attached hydrogen (secondary N) is 2. The van der Waals surface area contributed by atoms with Crippen molar-refractivity contribution in [1.29, 1.82) is 0 Å². The highest BCUT2D eigenvalue weighted by molar-refractivity contribution is 5.92. The largest absolute Gasteiger partial charge is 0.325 e. The Bertz CT molecular complexity index is 555. The molecule has 0 atom stereocenters. The average Bonchev–Trinajstić information content (AvgIpc) is 2.47. The van der Waals surface area contributed by atoms with Crippen molar-refractivity contribution in [1.82, 2.24) is 10.3 Å². The van der Waals surface area contributed by atoms with Crippen LogP contribution in [-0.2, 0) is 11.2 Å². The zero-order valence-corrected chi connectivity index (χ0v) is 11.6. The lowest BCUT2D eigenvalue weighted by Gasteiger charge is -2.08. The summed E-state index contributed by atoms with van der Waals surface area (Å²) in [4.78, 5) is 15.8. The van der Waals surface area contributed by atoms with Crippen LogP contribution in [0.3, 0.4) is 0 Å². The minimum absolute atomic E-state index is 0.0227. The molecule has 0 aliphatic rings. The highest BCUT2D eigenvalue weighted by Gasteiger charge is 2.03. The minimum atomic E-state index is -0.0227. The van der Waals surface area contributed by atoms with E-state index in [0.717, 1.165) is 24.2 Å². The molecule has 0 bridgehead atoms. The first-order chi connectivity index (χ1) is 9.75. The second-order valence-corrected chi connectivity index (χ2v) is 4.65. The van der Waals surface area contributed by atoms with Crippen LogP contribution in [0.5, 0.6) is 0 Å². The number of aromatic nitrogens is 1. The summed E-state index contributed by atoms with van der Waals surface area (Å²) in [6, 6.07) is 11.7. The zero-order chi connectivity index (χ0) is 14.2. The Morgan fingerprint density at radius 2 is 2.05 bits per heavy atom. The van der Waals surface area contributed by atoms with Crippen molar-refractivity contribution >= 4 is 11.6 Å². The van der Waals surface area contributed by atoms with E-state index in [1.54, 1.807) is 6.20 Å². The molecule has 1 aromatic carbocycles. The minimum Gasteiger partial charge on any atom is -0.325 e. The molecule has 1 aromatic heterocycles. The molecule has 20 heavy (non-hydrogen) atoms. The smallest absolute Gasteiger partial charge is 0.238 e. The molecule has 0 aliphatic heterocycles. The summed E-state index contributed by atoms with van der Waals surface area (Å²) < 4.78 is 0. The first kappa shape index (κ1) is 14.2. The first-order valence-electron chi connectivity index (χ1n) is 6.71. The van der Waals surface area contributed by atoms with Crippen LogP contribution >= 0.6 is 0 Å². The van der Waals surface area contributed by atoms with E-state index in [1.807, 2.05) is 49.5 Å². The van der Waals surface area contributed by atoms with Crippen LogP contribution in [0, 0.1) is 6.92 Å². The predicted octanol–water partition coefficient (Wildman–Crippen LogP) is 2.16. The summed E-state index contributed by atoms with van der Waals surface area (Å²) in [5.41, 5.74) is 3.10. The SMILES string of the molecule is Cc1ccccc1NC(=O)CNCCc1cccnc1. The molecule has 0 aliphatic carbocycles. The summed E-state index contributed by atoms with van der Waals surface area (Å²) >= 11 is 0. The van der Waals surface area contributed by atoms with Gasteiger partial charge < -0.3 is 10.6 Å². The van der Waals surface area contributed by atoms with E-state index in [0.29, 0.717) is 6.54 Å². The second kappa shape index (κ2) is 7.40. The number of pyridine rings is 1. The van der Waals surface area contributed by atoms with Crippen LogP contribution in [0.2, 0.25) is 0 Å². The number of rotatable bonds is 6. The normalized spacial score (nSPS) is 10.2. The van der Waals surface area contributed by atoms with Gasteiger partial charge in [0.15, 0.2) is 0 Å². The number of anilines is 1. The number of amides is 1. The number of aryl methyl sites for hydroxylation is 1. The Hall–Kier alpha value is -2.20. The van der Waals surface area contributed by atoms with Gasteiger partial charge in [0, 0.05) is 18.1 Å². The average molecular weight is 269 g/mol. The van der Waals surface area contributed by atoms with Gasteiger partial charge in [-0.15, -0.1) is 0 Å². The lowest BCUT2D eigenvalue weighted by molar-refractivity contribution is -0.115. The van der Waals surface area contributed by atoms with Crippen LogP contribution in [0.15, 0.2) is 48.8 Å².